The van der Waals surface area contributed by atoms with Crippen LogP contribution in [0.3, 0.4) is 0 Å². The number of amides is 1. The molecular formula is C24H29BrN4O2S. The van der Waals surface area contributed by atoms with Crippen molar-refractivity contribution in [2.45, 2.75) is 58.3 Å². The first-order chi connectivity index (χ1) is 15.4. The molecule has 170 valence electrons. The molecule has 8 heteroatoms. The van der Waals surface area contributed by atoms with E-state index in [4.69, 9.17) is 4.74 Å². The van der Waals surface area contributed by atoms with Crippen LogP contribution in [0.25, 0.3) is 0 Å². The van der Waals surface area contributed by atoms with E-state index < -0.39 is 0 Å². The van der Waals surface area contributed by atoms with E-state index in [9.17, 15) is 4.79 Å². The lowest BCUT2D eigenvalue weighted by Crippen LogP contribution is -2.16. The number of ether oxygens (including phenoxy) is 1. The smallest absolute Gasteiger partial charge is 0.234 e. The minimum Gasteiger partial charge on any atom is -0.486 e. The van der Waals surface area contributed by atoms with Crippen LogP contribution in [-0.4, -0.2) is 26.4 Å². The highest BCUT2D eigenvalue weighted by Gasteiger charge is 2.15. The summed E-state index contributed by atoms with van der Waals surface area (Å²) in [7, 11) is 0. The van der Waals surface area contributed by atoms with Crippen molar-refractivity contribution >= 4 is 39.3 Å². The SMILES string of the molecule is CCc1ccc(OCc2nnc(SCC(=O)Nc3ccc(Br)cc3C(C)C)n2CC)cc1. The fourth-order valence-corrected chi connectivity index (χ4v) is 4.46. The highest BCUT2D eigenvalue weighted by molar-refractivity contribution is 9.10. The Kier molecular flexibility index (Phi) is 8.75. The normalized spacial score (nSPS) is 11.1. The Morgan fingerprint density at radius 2 is 1.91 bits per heavy atom. The van der Waals surface area contributed by atoms with Crippen molar-refractivity contribution in [3.63, 3.8) is 0 Å². The largest absolute Gasteiger partial charge is 0.486 e. The van der Waals surface area contributed by atoms with E-state index in [2.05, 4.69) is 64.3 Å². The molecule has 0 fully saturated rings. The molecule has 0 radical (unpaired) electrons. The van der Waals surface area contributed by atoms with Gasteiger partial charge in [-0.2, -0.15) is 0 Å². The number of nitrogens with zero attached hydrogens (tertiary/aromatic N) is 3. The maximum atomic E-state index is 12.6. The fraction of sp³-hybridized carbons (Fsp3) is 0.375. The fourth-order valence-electron chi connectivity index (χ4n) is 3.26. The summed E-state index contributed by atoms with van der Waals surface area (Å²) in [5.41, 5.74) is 3.21. The number of nitrogens with one attached hydrogen (secondary N) is 1. The number of hydrogen-bond acceptors (Lipinski definition) is 5. The molecule has 0 saturated carbocycles. The molecule has 2 aromatic carbocycles. The molecule has 1 amide bonds. The molecule has 1 heterocycles. The number of carbonyl (C=O) groups is 1. The van der Waals surface area contributed by atoms with Crippen LogP contribution >= 0.6 is 27.7 Å². The highest BCUT2D eigenvalue weighted by atomic mass is 79.9. The lowest BCUT2D eigenvalue weighted by molar-refractivity contribution is -0.113. The molecule has 0 aliphatic heterocycles. The zero-order chi connectivity index (χ0) is 23.1. The molecule has 1 N–H and O–H groups in total. The number of aromatic nitrogens is 3. The number of rotatable bonds is 10. The summed E-state index contributed by atoms with van der Waals surface area (Å²) in [4.78, 5) is 12.6. The summed E-state index contributed by atoms with van der Waals surface area (Å²) in [6.07, 6.45) is 0.999. The maximum Gasteiger partial charge on any atom is 0.234 e. The van der Waals surface area contributed by atoms with Crippen LogP contribution in [0, 0.1) is 0 Å². The molecule has 32 heavy (non-hydrogen) atoms. The number of anilines is 1. The van der Waals surface area contributed by atoms with Gasteiger partial charge >= 0.3 is 0 Å². The molecule has 0 aliphatic carbocycles. The van der Waals surface area contributed by atoms with Crippen LogP contribution in [0.2, 0.25) is 0 Å². The summed E-state index contributed by atoms with van der Waals surface area (Å²) in [5.74, 6) is 2.03. The molecule has 0 aliphatic rings. The van der Waals surface area contributed by atoms with Gasteiger partial charge in [-0.25, -0.2) is 0 Å². The number of halogens is 1. The van der Waals surface area contributed by atoms with E-state index in [0.717, 1.165) is 33.7 Å². The third-order valence-electron chi connectivity index (χ3n) is 5.05. The lowest BCUT2D eigenvalue weighted by Gasteiger charge is -2.14. The van der Waals surface area contributed by atoms with Crippen LogP contribution in [0.4, 0.5) is 5.69 Å². The van der Waals surface area contributed by atoms with Crippen LogP contribution in [0.5, 0.6) is 5.75 Å². The number of benzene rings is 2. The Morgan fingerprint density at radius 3 is 2.56 bits per heavy atom. The van der Waals surface area contributed by atoms with Gasteiger partial charge in [0.05, 0.1) is 5.75 Å². The van der Waals surface area contributed by atoms with E-state index in [-0.39, 0.29) is 11.7 Å². The molecule has 3 aromatic rings. The molecule has 0 atom stereocenters. The molecular weight excluding hydrogens is 488 g/mol. The van der Waals surface area contributed by atoms with Gasteiger partial charge in [0.2, 0.25) is 5.91 Å². The third kappa shape index (κ3) is 6.36. The monoisotopic (exact) mass is 516 g/mol. The van der Waals surface area contributed by atoms with Gasteiger partial charge in [0.1, 0.15) is 12.4 Å². The summed E-state index contributed by atoms with van der Waals surface area (Å²) in [6.45, 7) is 9.41. The highest BCUT2D eigenvalue weighted by Crippen LogP contribution is 2.28. The van der Waals surface area contributed by atoms with Crippen LogP contribution in [-0.2, 0) is 24.4 Å². The zero-order valence-electron chi connectivity index (χ0n) is 18.9. The van der Waals surface area contributed by atoms with Crippen molar-refractivity contribution in [2.75, 3.05) is 11.1 Å². The van der Waals surface area contributed by atoms with Gasteiger partial charge in [-0.15, -0.1) is 10.2 Å². The quantitative estimate of drug-likeness (QED) is 0.332. The Hall–Kier alpha value is -2.32. The van der Waals surface area contributed by atoms with Gasteiger partial charge in [0.15, 0.2) is 11.0 Å². The predicted octanol–water partition coefficient (Wildman–Crippen LogP) is 6.06. The average molecular weight is 517 g/mol. The van der Waals surface area contributed by atoms with E-state index in [1.54, 1.807) is 0 Å². The Balaban J connectivity index is 1.59. The second kappa shape index (κ2) is 11.5. The van der Waals surface area contributed by atoms with Gasteiger partial charge < -0.3 is 14.6 Å². The number of aryl methyl sites for hydroxylation is 1. The average Bonchev–Trinajstić information content (AvgIpc) is 3.19. The second-order valence-corrected chi connectivity index (χ2v) is 9.51. The molecule has 0 unspecified atom stereocenters. The van der Waals surface area contributed by atoms with Crippen molar-refractivity contribution in [1.29, 1.82) is 0 Å². The van der Waals surface area contributed by atoms with Crippen LogP contribution in [0.15, 0.2) is 52.1 Å². The third-order valence-corrected chi connectivity index (χ3v) is 6.51. The Bertz CT molecular complexity index is 1050. The summed E-state index contributed by atoms with van der Waals surface area (Å²) in [6, 6.07) is 14.0. The van der Waals surface area contributed by atoms with Gasteiger partial charge in [-0.3, -0.25) is 4.79 Å². The summed E-state index contributed by atoms with van der Waals surface area (Å²) in [5, 5.41) is 12.3. The molecule has 0 spiro atoms. The van der Waals surface area contributed by atoms with Gasteiger partial charge in [0.25, 0.3) is 0 Å². The van der Waals surface area contributed by atoms with E-state index in [1.165, 1.54) is 17.3 Å². The summed E-state index contributed by atoms with van der Waals surface area (Å²) < 4.78 is 8.87. The molecule has 3 rings (SSSR count). The number of carbonyl (C=O) groups excluding carboxylic acids is 1. The Morgan fingerprint density at radius 1 is 1.16 bits per heavy atom. The minimum absolute atomic E-state index is 0.0707. The molecule has 1 aromatic heterocycles. The van der Waals surface area contributed by atoms with Crippen LogP contribution in [0.1, 0.15) is 50.6 Å². The van der Waals surface area contributed by atoms with E-state index in [0.29, 0.717) is 24.2 Å². The molecule has 0 saturated heterocycles. The number of hydrogen-bond donors (Lipinski definition) is 1. The van der Waals surface area contributed by atoms with E-state index in [1.807, 2.05) is 41.8 Å². The first kappa shape index (κ1) is 24.3. The molecule has 6 nitrogen and oxygen atoms in total. The van der Waals surface area contributed by atoms with Crippen molar-refractivity contribution in [3.8, 4) is 5.75 Å². The molecule has 0 bridgehead atoms. The van der Waals surface area contributed by atoms with Gasteiger partial charge in [-0.05, 0) is 60.7 Å². The van der Waals surface area contributed by atoms with Crippen LogP contribution < -0.4 is 10.1 Å². The van der Waals surface area contributed by atoms with E-state index >= 15 is 0 Å². The maximum absolute atomic E-state index is 12.6. The predicted molar refractivity (Wildman–Crippen MR) is 133 cm³/mol. The standard InChI is InChI=1S/C24H29BrN4O2S/c1-5-17-7-10-19(11-8-17)31-14-22-27-28-24(29(22)6-2)32-15-23(30)26-21-12-9-18(25)13-20(21)16(3)4/h7-13,16H,5-6,14-15H2,1-4H3,(H,26,30). The van der Waals surface area contributed by atoms with Crippen molar-refractivity contribution in [3.05, 3.63) is 63.9 Å². The van der Waals surface area contributed by atoms with Gasteiger partial charge in [-0.1, -0.05) is 60.6 Å². The minimum atomic E-state index is -0.0707. The van der Waals surface area contributed by atoms with Gasteiger partial charge in [0, 0.05) is 16.7 Å². The first-order valence-electron chi connectivity index (χ1n) is 10.8. The van der Waals surface area contributed by atoms with Crippen molar-refractivity contribution < 1.29 is 9.53 Å². The summed E-state index contributed by atoms with van der Waals surface area (Å²) >= 11 is 4.88. The topological polar surface area (TPSA) is 69.0 Å². The van der Waals surface area contributed by atoms with Crippen molar-refractivity contribution in [1.82, 2.24) is 14.8 Å². The first-order valence-corrected chi connectivity index (χ1v) is 12.5. The lowest BCUT2D eigenvalue weighted by atomic mass is 10.0. The second-order valence-electron chi connectivity index (χ2n) is 7.65. The number of thioether (sulfide) groups is 1. The zero-order valence-corrected chi connectivity index (χ0v) is 21.3. The van der Waals surface area contributed by atoms with Crippen molar-refractivity contribution in [2.24, 2.45) is 0 Å². The Labute approximate surface area is 202 Å².